The second-order valence-electron chi connectivity index (χ2n) is 4.30. The summed E-state index contributed by atoms with van der Waals surface area (Å²) in [6, 6.07) is 5.18. The first-order valence-corrected chi connectivity index (χ1v) is 7.15. The van der Waals surface area contributed by atoms with Crippen molar-refractivity contribution in [1.29, 1.82) is 0 Å². The standard InChI is InChI=1S/C13H19FN2S/c1-2-11-9-16(6-7-17-11)13-10(8-15)4-3-5-12(13)14/h3-5,11H,2,6-9,15H2,1H3. The average Bonchev–Trinajstić information content (AvgIpc) is 2.38. The molecule has 0 saturated carbocycles. The van der Waals surface area contributed by atoms with Crippen LogP contribution in [0.4, 0.5) is 10.1 Å². The minimum absolute atomic E-state index is 0.144. The zero-order chi connectivity index (χ0) is 12.3. The van der Waals surface area contributed by atoms with E-state index < -0.39 is 0 Å². The van der Waals surface area contributed by atoms with E-state index >= 15 is 0 Å². The number of hydrogen-bond acceptors (Lipinski definition) is 3. The Morgan fingerprint density at radius 3 is 3.06 bits per heavy atom. The first kappa shape index (κ1) is 12.7. The number of benzene rings is 1. The lowest BCUT2D eigenvalue weighted by Gasteiger charge is -2.35. The van der Waals surface area contributed by atoms with Crippen molar-refractivity contribution in [3.05, 3.63) is 29.6 Å². The number of para-hydroxylation sites is 1. The van der Waals surface area contributed by atoms with Gasteiger partial charge in [-0.2, -0.15) is 11.8 Å². The van der Waals surface area contributed by atoms with Gasteiger partial charge < -0.3 is 10.6 Å². The van der Waals surface area contributed by atoms with Gasteiger partial charge in [-0.1, -0.05) is 19.1 Å². The van der Waals surface area contributed by atoms with Crippen molar-refractivity contribution in [2.45, 2.75) is 25.1 Å². The van der Waals surface area contributed by atoms with Crippen molar-refractivity contribution < 1.29 is 4.39 Å². The summed E-state index contributed by atoms with van der Waals surface area (Å²) in [5.74, 6) is 0.923. The minimum Gasteiger partial charge on any atom is -0.367 e. The normalized spacial score (nSPS) is 20.6. The molecule has 94 valence electrons. The van der Waals surface area contributed by atoms with Crippen LogP contribution >= 0.6 is 11.8 Å². The van der Waals surface area contributed by atoms with Gasteiger partial charge >= 0.3 is 0 Å². The van der Waals surface area contributed by atoms with Crippen LogP contribution in [-0.2, 0) is 6.54 Å². The van der Waals surface area contributed by atoms with Gasteiger partial charge in [-0.25, -0.2) is 4.39 Å². The molecule has 0 spiro atoms. The third kappa shape index (κ3) is 2.75. The molecule has 0 aromatic heterocycles. The lowest BCUT2D eigenvalue weighted by molar-refractivity contribution is 0.610. The molecule has 1 atom stereocenters. The molecule has 0 amide bonds. The van der Waals surface area contributed by atoms with E-state index in [9.17, 15) is 4.39 Å². The van der Waals surface area contributed by atoms with Crippen molar-refractivity contribution >= 4 is 17.4 Å². The van der Waals surface area contributed by atoms with Gasteiger partial charge in [-0.15, -0.1) is 0 Å². The van der Waals surface area contributed by atoms with Crippen LogP contribution in [0.25, 0.3) is 0 Å². The summed E-state index contributed by atoms with van der Waals surface area (Å²) in [5.41, 5.74) is 7.32. The summed E-state index contributed by atoms with van der Waals surface area (Å²) in [6.45, 7) is 4.42. The number of nitrogens with two attached hydrogens (primary N) is 1. The number of hydrogen-bond donors (Lipinski definition) is 1. The molecule has 17 heavy (non-hydrogen) atoms. The molecule has 0 bridgehead atoms. The van der Waals surface area contributed by atoms with Crippen LogP contribution in [0.15, 0.2) is 18.2 Å². The van der Waals surface area contributed by atoms with Gasteiger partial charge in [-0.3, -0.25) is 0 Å². The first-order chi connectivity index (χ1) is 8.26. The smallest absolute Gasteiger partial charge is 0.146 e. The summed E-state index contributed by atoms with van der Waals surface area (Å²) >= 11 is 1.99. The first-order valence-electron chi connectivity index (χ1n) is 6.10. The van der Waals surface area contributed by atoms with E-state index in [4.69, 9.17) is 5.73 Å². The molecule has 0 aliphatic carbocycles. The van der Waals surface area contributed by atoms with Gasteiger partial charge in [0.1, 0.15) is 5.82 Å². The Morgan fingerprint density at radius 1 is 1.53 bits per heavy atom. The van der Waals surface area contributed by atoms with E-state index in [2.05, 4.69) is 11.8 Å². The highest BCUT2D eigenvalue weighted by molar-refractivity contribution is 8.00. The molecular weight excluding hydrogens is 235 g/mol. The molecule has 1 saturated heterocycles. The summed E-state index contributed by atoms with van der Waals surface area (Å²) in [7, 11) is 0. The molecule has 0 radical (unpaired) electrons. The molecule has 1 unspecified atom stereocenters. The molecule has 1 heterocycles. The Labute approximate surface area is 106 Å². The lowest BCUT2D eigenvalue weighted by atomic mass is 10.1. The molecule has 4 heteroatoms. The zero-order valence-electron chi connectivity index (χ0n) is 10.2. The molecule has 2 rings (SSSR count). The fraction of sp³-hybridized carbons (Fsp3) is 0.538. The molecule has 1 aromatic rings. The van der Waals surface area contributed by atoms with Crippen LogP contribution in [0, 0.1) is 5.82 Å². The molecule has 1 aromatic carbocycles. The van der Waals surface area contributed by atoms with Crippen molar-refractivity contribution in [1.82, 2.24) is 0 Å². The number of halogens is 1. The summed E-state index contributed by atoms with van der Waals surface area (Å²) in [4.78, 5) is 2.15. The van der Waals surface area contributed by atoms with Crippen molar-refractivity contribution in [2.75, 3.05) is 23.7 Å². The van der Waals surface area contributed by atoms with Crippen LogP contribution in [0.5, 0.6) is 0 Å². The van der Waals surface area contributed by atoms with E-state index in [0.717, 1.165) is 30.8 Å². The van der Waals surface area contributed by atoms with Gasteiger partial charge in [0.25, 0.3) is 0 Å². The fourth-order valence-corrected chi connectivity index (χ4v) is 3.43. The second kappa shape index (κ2) is 5.74. The third-order valence-corrected chi connectivity index (χ3v) is 4.57. The Morgan fingerprint density at radius 2 is 2.35 bits per heavy atom. The van der Waals surface area contributed by atoms with Crippen LogP contribution in [0.3, 0.4) is 0 Å². The number of rotatable bonds is 3. The highest BCUT2D eigenvalue weighted by Crippen LogP contribution is 2.30. The second-order valence-corrected chi connectivity index (χ2v) is 5.71. The maximum absolute atomic E-state index is 13.9. The highest BCUT2D eigenvalue weighted by atomic mass is 32.2. The summed E-state index contributed by atoms with van der Waals surface area (Å²) in [6.07, 6.45) is 1.13. The van der Waals surface area contributed by atoms with Gasteiger partial charge in [0, 0.05) is 30.6 Å². The Balaban J connectivity index is 2.26. The minimum atomic E-state index is -0.144. The molecule has 1 aliphatic heterocycles. The lowest BCUT2D eigenvalue weighted by Crippen LogP contribution is -2.38. The van der Waals surface area contributed by atoms with Gasteiger partial charge in [0.15, 0.2) is 0 Å². The molecular formula is C13H19FN2S. The van der Waals surface area contributed by atoms with Crippen LogP contribution < -0.4 is 10.6 Å². The van der Waals surface area contributed by atoms with Gasteiger partial charge in [0.2, 0.25) is 0 Å². The Hall–Kier alpha value is -0.740. The van der Waals surface area contributed by atoms with E-state index in [1.54, 1.807) is 6.07 Å². The van der Waals surface area contributed by atoms with Crippen LogP contribution in [-0.4, -0.2) is 24.1 Å². The highest BCUT2D eigenvalue weighted by Gasteiger charge is 2.22. The predicted octanol–water partition coefficient (Wildman–Crippen LogP) is 2.62. The van der Waals surface area contributed by atoms with E-state index in [0.29, 0.717) is 17.5 Å². The topological polar surface area (TPSA) is 29.3 Å². The van der Waals surface area contributed by atoms with Crippen molar-refractivity contribution in [3.63, 3.8) is 0 Å². The molecule has 1 fully saturated rings. The predicted molar refractivity (Wildman–Crippen MR) is 73.0 cm³/mol. The number of anilines is 1. The SMILES string of the molecule is CCC1CN(c2c(F)cccc2CN)CCS1. The van der Waals surface area contributed by atoms with Gasteiger partial charge in [-0.05, 0) is 18.1 Å². The van der Waals surface area contributed by atoms with Crippen molar-refractivity contribution in [2.24, 2.45) is 5.73 Å². The Kier molecular flexibility index (Phi) is 4.29. The van der Waals surface area contributed by atoms with Gasteiger partial charge in [0.05, 0.1) is 5.69 Å². The van der Waals surface area contributed by atoms with E-state index in [1.165, 1.54) is 6.07 Å². The largest absolute Gasteiger partial charge is 0.367 e. The number of nitrogens with zero attached hydrogens (tertiary/aromatic N) is 1. The summed E-state index contributed by atoms with van der Waals surface area (Å²) in [5, 5.41) is 0.606. The van der Waals surface area contributed by atoms with E-state index in [1.807, 2.05) is 17.8 Å². The average molecular weight is 254 g/mol. The maximum Gasteiger partial charge on any atom is 0.146 e. The maximum atomic E-state index is 13.9. The fourth-order valence-electron chi connectivity index (χ4n) is 2.25. The molecule has 1 aliphatic rings. The molecule has 2 N–H and O–H groups in total. The van der Waals surface area contributed by atoms with Crippen molar-refractivity contribution in [3.8, 4) is 0 Å². The monoisotopic (exact) mass is 254 g/mol. The molecule has 2 nitrogen and oxygen atoms in total. The summed E-state index contributed by atoms with van der Waals surface area (Å²) < 4.78 is 13.9. The number of thioether (sulfide) groups is 1. The Bertz CT molecular complexity index is 384. The zero-order valence-corrected chi connectivity index (χ0v) is 11.0. The quantitative estimate of drug-likeness (QED) is 0.899. The van der Waals surface area contributed by atoms with Crippen LogP contribution in [0.2, 0.25) is 0 Å². The third-order valence-electron chi connectivity index (χ3n) is 3.20. The van der Waals surface area contributed by atoms with E-state index in [-0.39, 0.29) is 5.82 Å². The van der Waals surface area contributed by atoms with Crippen LogP contribution in [0.1, 0.15) is 18.9 Å².